The molecule has 1 heteroatoms. The van der Waals surface area contributed by atoms with Crippen molar-refractivity contribution in [2.24, 2.45) is 5.92 Å². The van der Waals surface area contributed by atoms with Crippen molar-refractivity contribution in [1.82, 2.24) is 0 Å². The second kappa shape index (κ2) is 5.36. The van der Waals surface area contributed by atoms with E-state index < -0.39 is 0 Å². The molecule has 0 aromatic carbocycles. The second-order valence-electron chi connectivity index (χ2n) is 3.77. The van der Waals surface area contributed by atoms with Crippen LogP contribution in [0.3, 0.4) is 0 Å². The SMILES string of the molecule is CC=CCC(O)C1CCCCC1. The van der Waals surface area contributed by atoms with Crippen molar-refractivity contribution in [2.75, 3.05) is 0 Å². The van der Waals surface area contributed by atoms with Crippen molar-refractivity contribution in [2.45, 2.75) is 51.6 Å². The normalized spacial score (nSPS) is 23.2. The van der Waals surface area contributed by atoms with E-state index in [0.29, 0.717) is 5.92 Å². The van der Waals surface area contributed by atoms with E-state index in [0.717, 1.165) is 6.42 Å². The number of aliphatic hydroxyl groups is 1. The molecule has 0 radical (unpaired) electrons. The van der Waals surface area contributed by atoms with E-state index in [-0.39, 0.29) is 6.10 Å². The van der Waals surface area contributed by atoms with Crippen LogP contribution in [0.4, 0.5) is 0 Å². The van der Waals surface area contributed by atoms with Gasteiger partial charge in [0.2, 0.25) is 0 Å². The van der Waals surface area contributed by atoms with E-state index >= 15 is 0 Å². The highest BCUT2D eigenvalue weighted by atomic mass is 16.3. The molecule has 70 valence electrons. The largest absolute Gasteiger partial charge is 0.393 e. The van der Waals surface area contributed by atoms with Gasteiger partial charge in [0, 0.05) is 0 Å². The van der Waals surface area contributed by atoms with Crippen molar-refractivity contribution < 1.29 is 5.11 Å². The fourth-order valence-electron chi connectivity index (χ4n) is 1.99. The Bertz CT molecular complexity index is 134. The first-order valence-corrected chi connectivity index (χ1v) is 5.14. The summed E-state index contributed by atoms with van der Waals surface area (Å²) in [7, 11) is 0. The number of aliphatic hydroxyl groups excluding tert-OH is 1. The Kier molecular flexibility index (Phi) is 4.37. The van der Waals surface area contributed by atoms with Crippen LogP contribution in [0.5, 0.6) is 0 Å². The Balaban J connectivity index is 2.24. The molecule has 1 rings (SSSR count). The van der Waals surface area contributed by atoms with E-state index in [9.17, 15) is 5.11 Å². The molecule has 1 aliphatic carbocycles. The molecule has 0 amide bonds. The maximum absolute atomic E-state index is 9.75. The van der Waals surface area contributed by atoms with Gasteiger partial charge in [-0.25, -0.2) is 0 Å². The van der Waals surface area contributed by atoms with Gasteiger partial charge < -0.3 is 5.11 Å². The Morgan fingerprint density at radius 1 is 1.33 bits per heavy atom. The highest BCUT2D eigenvalue weighted by molar-refractivity contribution is 4.84. The van der Waals surface area contributed by atoms with E-state index in [2.05, 4.69) is 6.08 Å². The van der Waals surface area contributed by atoms with Crippen LogP contribution < -0.4 is 0 Å². The summed E-state index contributed by atoms with van der Waals surface area (Å²) in [4.78, 5) is 0. The molecule has 0 spiro atoms. The molecule has 0 bridgehead atoms. The topological polar surface area (TPSA) is 20.2 Å². The zero-order chi connectivity index (χ0) is 8.81. The van der Waals surface area contributed by atoms with E-state index in [4.69, 9.17) is 0 Å². The van der Waals surface area contributed by atoms with Gasteiger partial charge in [-0.05, 0) is 32.1 Å². The monoisotopic (exact) mass is 168 g/mol. The summed E-state index contributed by atoms with van der Waals surface area (Å²) >= 11 is 0. The molecule has 1 saturated carbocycles. The van der Waals surface area contributed by atoms with Crippen molar-refractivity contribution in [1.29, 1.82) is 0 Å². The second-order valence-corrected chi connectivity index (χ2v) is 3.77. The summed E-state index contributed by atoms with van der Waals surface area (Å²) in [6.45, 7) is 2.01. The molecule has 0 aromatic heterocycles. The van der Waals surface area contributed by atoms with Crippen molar-refractivity contribution in [3.63, 3.8) is 0 Å². The number of allylic oxidation sites excluding steroid dienone is 1. The third kappa shape index (κ3) is 2.98. The fourth-order valence-corrected chi connectivity index (χ4v) is 1.99. The summed E-state index contributed by atoms with van der Waals surface area (Å²) in [6, 6.07) is 0. The molecule has 0 heterocycles. The summed E-state index contributed by atoms with van der Waals surface area (Å²) in [5, 5.41) is 9.75. The predicted octanol–water partition coefficient (Wildman–Crippen LogP) is 2.89. The molecule has 1 unspecified atom stereocenters. The van der Waals surface area contributed by atoms with Gasteiger partial charge in [-0.2, -0.15) is 0 Å². The highest BCUT2D eigenvalue weighted by Gasteiger charge is 2.20. The van der Waals surface area contributed by atoms with E-state index in [1.165, 1.54) is 32.1 Å². The van der Waals surface area contributed by atoms with Crippen molar-refractivity contribution in [3.05, 3.63) is 12.2 Å². The van der Waals surface area contributed by atoms with Gasteiger partial charge in [0.1, 0.15) is 0 Å². The zero-order valence-electron chi connectivity index (χ0n) is 8.00. The Morgan fingerprint density at radius 3 is 2.58 bits per heavy atom. The lowest BCUT2D eigenvalue weighted by Crippen LogP contribution is -2.21. The quantitative estimate of drug-likeness (QED) is 0.642. The summed E-state index contributed by atoms with van der Waals surface area (Å²) in [5.74, 6) is 0.579. The van der Waals surface area contributed by atoms with Crippen LogP contribution in [0.2, 0.25) is 0 Å². The Hall–Kier alpha value is -0.300. The first-order valence-electron chi connectivity index (χ1n) is 5.14. The Labute approximate surface area is 75.5 Å². The van der Waals surface area contributed by atoms with E-state index in [1.807, 2.05) is 13.0 Å². The van der Waals surface area contributed by atoms with Crippen LogP contribution in [0.25, 0.3) is 0 Å². The average Bonchev–Trinajstić information content (AvgIpc) is 2.15. The summed E-state index contributed by atoms with van der Waals surface area (Å²) in [6.07, 6.45) is 11.3. The van der Waals surface area contributed by atoms with Gasteiger partial charge in [-0.3, -0.25) is 0 Å². The summed E-state index contributed by atoms with van der Waals surface area (Å²) < 4.78 is 0. The molecule has 1 aliphatic rings. The molecular weight excluding hydrogens is 148 g/mol. The van der Waals surface area contributed by atoms with Gasteiger partial charge in [0.15, 0.2) is 0 Å². The fraction of sp³-hybridized carbons (Fsp3) is 0.818. The van der Waals surface area contributed by atoms with Crippen LogP contribution in [0.1, 0.15) is 45.4 Å². The minimum Gasteiger partial charge on any atom is -0.393 e. The molecule has 0 saturated heterocycles. The molecule has 1 fully saturated rings. The number of rotatable bonds is 3. The van der Waals surface area contributed by atoms with Gasteiger partial charge in [-0.15, -0.1) is 0 Å². The maximum Gasteiger partial charge on any atom is 0.0602 e. The lowest BCUT2D eigenvalue weighted by atomic mass is 9.84. The standard InChI is InChI=1S/C11H20O/c1-2-3-9-11(12)10-7-5-4-6-8-10/h2-3,10-12H,4-9H2,1H3. The van der Waals surface area contributed by atoms with Gasteiger partial charge in [0.05, 0.1) is 6.10 Å². The number of hydrogen-bond acceptors (Lipinski definition) is 1. The summed E-state index contributed by atoms with van der Waals surface area (Å²) in [5.41, 5.74) is 0. The van der Waals surface area contributed by atoms with Gasteiger partial charge >= 0.3 is 0 Å². The first kappa shape index (κ1) is 9.79. The zero-order valence-corrected chi connectivity index (χ0v) is 8.00. The highest BCUT2D eigenvalue weighted by Crippen LogP contribution is 2.27. The first-order chi connectivity index (χ1) is 5.84. The number of hydrogen-bond donors (Lipinski definition) is 1. The lowest BCUT2D eigenvalue weighted by molar-refractivity contribution is 0.0873. The van der Waals surface area contributed by atoms with Crippen molar-refractivity contribution >= 4 is 0 Å². The predicted molar refractivity (Wildman–Crippen MR) is 52.0 cm³/mol. The minimum atomic E-state index is -0.0819. The van der Waals surface area contributed by atoms with Crippen LogP contribution >= 0.6 is 0 Å². The molecule has 1 nitrogen and oxygen atoms in total. The minimum absolute atomic E-state index is 0.0819. The molecule has 0 aromatic rings. The van der Waals surface area contributed by atoms with Crippen LogP contribution in [-0.4, -0.2) is 11.2 Å². The van der Waals surface area contributed by atoms with E-state index in [1.54, 1.807) is 0 Å². The third-order valence-electron chi connectivity index (χ3n) is 2.81. The van der Waals surface area contributed by atoms with Crippen LogP contribution in [0.15, 0.2) is 12.2 Å². The molecule has 0 aliphatic heterocycles. The van der Waals surface area contributed by atoms with Gasteiger partial charge in [0.25, 0.3) is 0 Å². The van der Waals surface area contributed by atoms with Gasteiger partial charge in [-0.1, -0.05) is 31.4 Å². The molecule has 12 heavy (non-hydrogen) atoms. The van der Waals surface area contributed by atoms with Crippen molar-refractivity contribution in [3.8, 4) is 0 Å². The van der Waals surface area contributed by atoms with Crippen LogP contribution in [0, 0.1) is 5.92 Å². The maximum atomic E-state index is 9.75. The molecule has 1 N–H and O–H groups in total. The molecule has 1 atom stereocenters. The molecular formula is C11H20O. The average molecular weight is 168 g/mol. The Morgan fingerprint density at radius 2 is 2.00 bits per heavy atom. The van der Waals surface area contributed by atoms with Crippen LogP contribution in [-0.2, 0) is 0 Å². The lowest BCUT2D eigenvalue weighted by Gasteiger charge is -2.25. The smallest absolute Gasteiger partial charge is 0.0602 e. The third-order valence-corrected chi connectivity index (χ3v) is 2.81.